The number of anilines is 2. The molecule has 0 bridgehead atoms. The van der Waals surface area contributed by atoms with E-state index >= 15 is 0 Å². The second-order valence-corrected chi connectivity index (χ2v) is 8.84. The first-order valence-corrected chi connectivity index (χ1v) is 10.9. The Kier molecular flexibility index (Phi) is 5.95. The number of aromatic nitrogens is 1. The van der Waals surface area contributed by atoms with E-state index in [0.717, 1.165) is 50.7 Å². The van der Waals surface area contributed by atoms with Gasteiger partial charge in [-0.1, -0.05) is 12.5 Å². The van der Waals surface area contributed by atoms with Gasteiger partial charge in [-0.3, -0.25) is 4.98 Å². The van der Waals surface area contributed by atoms with Crippen molar-refractivity contribution in [3.05, 3.63) is 47.8 Å². The fourth-order valence-electron chi connectivity index (χ4n) is 4.76. The van der Waals surface area contributed by atoms with Gasteiger partial charge >= 0.3 is 0 Å². The van der Waals surface area contributed by atoms with Crippen molar-refractivity contribution in [2.45, 2.75) is 39.2 Å². The van der Waals surface area contributed by atoms with Crippen LogP contribution >= 0.6 is 0 Å². The molecule has 1 aromatic heterocycles. The number of aryl methyl sites for hydroxylation is 1. The summed E-state index contributed by atoms with van der Waals surface area (Å²) in [5.74, 6) is 0.969. The molecule has 29 heavy (non-hydrogen) atoms. The maximum atomic E-state index is 6.07. The maximum absolute atomic E-state index is 6.07. The number of ether oxygens (including phenoxy) is 1. The van der Waals surface area contributed by atoms with Gasteiger partial charge in [0.2, 0.25) is 0 Å². The van der Waals surface area contributed by atoms with Crippen molar-refractivity contribution in [3.8, 4) is 5.75 Å². The number of fused-ring (bicyclic) bond motifs is 1. The molecule has 1 fully saturated rings. The summed E-state index contributed by atoms with van der Waals surface area (Å²) in [5.41, 5.74) is 5.44. The molecule has 5 heteroatoms. The van der Waals surface area contributed by atoms with Gasteiger partial charge in [-0.15, -0.1) is 0 Å². The third kappa shape index (κ3) is 4.50. The van der Waals surface area contributed by atoms with Crippen LogP contribution in [0.1, 0.15) is 36.9 Å². The molecule has 1 aliphatic carbocycles. The molecule has 2 aliphatic rings. The van der Waals surface area contributed by atoms with E-state index in [9.17, 15) is 0 Å². The average molecular weight is 395 g/mol. The lowest BCUT2D eigenvalue weighted by atomic mass is 9.68. The molecule has 4 rings (SSSR count). The lowest BCUT2D eigenvalue weighted by Crippen LogP contribution is -2.45. The van der Waals surface area contributed by atoms with Crippen LogP contribution in [0.5, 0.6) is 5.75 Å². The molecule has 1 spiro atoms. The van der Waals surface area contributed by atoms with Crippen LogP contribution in [0.4, 0.5) is 11.4 Å². The van der Waals surface area contributed by atoms with Gasteiger partial charge in [0.1, 0.15) is 5.75 Å². The number of rotatable bonds is 7. The summed E-state index contributed by atoms with van der Waals surface area (Å²) in [6.07, 6.45) is 6.90. The van der Waals surface area contributed by atoms with Crippen LogP contribution in [0.3, 0.4) is 0 Å². The second-order valence-electron chi connectivity index (χ2n) is 8.84. The molecular weight excluding hydrogens is 360 g/mol. The summed E-state index contributed by atoms with van der Waals surface area (Å²) in [5, 5.41) is 3.49. The summed E-state index contributed by atoms with van der Waals surface area (Å²) in [6, 6.07) is 10.7. The smallest absolute Gasteiger partial charge is 0.121 e. The van der Waals surface area contributed by atoms with E-state index in [0.29, 0.717) is 5.41 Å². The van der Waals surface area contributed by atoms with Crippen molar-refractivity contribution in [1.82, 2.24) is 10.3 Å². The second kappa shape index (κ2) is 8.62. The quantitative estimate of drug-likeness (QED) is 0.719. The van der Waals surface area contributed by atoms with Crippen molar-refractivity contribution in [2.24, 2.45) is 5.41 Å². The van der Waals surface area contributed by atoms with E-state index in [-0.39, 0.29) is 0 Å². The van der Waals surface area contributed by atoms with Gasteiger partial charge in [0.15, 0.2) is 0 Å². The Morgan fingerprint density at radius 2 is 1.90 bits per heavy atom. The van der Waals surface area contributed by atoms with Crippen LogP contribution in [-0.2, 0) is 6.54 Å². The Bertz CT molecular complexity index is 833. The van der Waals surface area contributed by atoms with Crippen molar-refractivity contribution in [1.29, 1.82) is 0 Å². The van der Waals surface area contributed by atoms with Crippen molar-refractivity contribution < 1.29 is 4.74 Å². The molecule has 0 atom stereocenters. The largest absolute Gasteiger partial charge is 0.493 e. The Labute approximate surface area is 175 Å². The molecule has 1 saturated carbocycles. The Hall–Kier alpha value is -2.27. The van der Waals surface area contributed by atoms with Gasteiger partial charge in [0, 0.05) is 57.1 Å². The fourth-order valence-corrected chi connectivity index (χ4v) is 4.76. The van der Waals surface area contributed by atoms with Crippen LogP contribution in [0.2, 0.25) is 0 Å². The molecule has 156 valence electrons. The van der Waals surface area contributed by atoms with Crippen molar-refractivity contribution >= 4 is 11.4 Å². The average Bonchev–Trinajstić information content (AvgIpc) is 2.80. The predicted octanol–water partition coefficient (Wildman–Crippen LogP) is 4.01. The highest BCUT2D eigenvalue weighted by molar-refractivity contribution is 5.74. The van der Waals surface area contributed by atoms with Crippen LogP contribution in [-0.4, -0.2) is 45.3 Å². The van der Waals surface area contributed by atoms with E-state index in [1.165, 1.54) is 36.2 Å². The summed E-state index contributed by atoms with van der Waals surface area (Å²) >= 11 is 0. The molecule has 1 N–H and O–H groups in total. The van der Waals surface area contributed by atoms with Crippen molar-refractivity contribution in [2.75, 3.05) is 50.1 Å². The molecule has 0 saturated heterocycles. The van der Waals surface area contributed by atoms with E-state index in [4.69, 9.17) is 4.74 Å². The molecule has 1 aliphatic heterocycles. The Morgan fingerprint density at radius 1 is 1.10 bits per heavy atom. The minimum Gasteiger partial charge on any atom is -0.493 e. The zero-order valence-corrected chi connectivity index (χ0v) is 18.1. The summed E-state index contributed by atoms with van der Waals surface area (Å²) < 4.78 is 6.07. The van der Waals surface area contributed by atoms with E-state index in [1.54, 1.807) is 0 Å². The summed E-state index contributed by atoms with van der Waals surface area (Å²) in [7, 11) is 4.46. The number of pyridine rings is 1. The molecule has 0 unspecified atom stereocenters. The Balaban J connectivity index is 1.27. The van der Waals surface area contributed by atoms with Gasteiger partial charge in [-0.05, 0) is 56.5 Å². The number of nitrogens with one attached hydrogen (secondary N) is 1. The third-order valence-electron chi connectivity index (χ3n) is 6.53. The molecule has 1 aromatic carbocycles. The standard InChI is InChI=1S/C24H34N4O/c1-19-20(7-4-13-26-19)16-25-12-6-14-29-21-8-9-22-23(15-21)28(3)18-24(10-5-11-24)17-27(22)2/h4,7-9,13,15,25H,5-6,10-12,14,16-18H2,1-3H3. The molecule has 0 radical (unpaired) electrons. The highest BCUT2D eigenvalue weighted by Gasteiger charge is 2.41. The van der Waals surface area contributed by atoms with Crippen LogP contribution in [0, 0.1) is 12.3 Å². The molecule has 5 nitrogen and oxygen atoms in total. The number of hydrogen-bond donors (Lipinski definition) is 1. The third-order valence-corrected chi connectivity index (χ3v) is 6.53. The lowest BCUT2D eigenvalue weighted by molar-refractivity contribution is 0.154. The first kappa shape index (κ1) is 20.0. The number of benzene rings is 1. The zero-order valence-electron chi connectivity index (χ0n) is 18.1. The normalized spacial score (nSPS) is 17.6. The SMILES string of the molecule is Cc1ncccc1CNCCCOc1ccc2c(c1)N(C)CC1(CCC1)CN2C. The number of nitrogens with zero attached hydrogens (tertiary/aromatic N) is 3. The topological polar surface area (TPSA) is 40.6 Å². The highest BCUT2D eigenvalue weighted by atomic mass is 16.5. The van der Waals surface area contributed by atoms with Gasteiger partial charge in [-0.2, -0.15) is 0 Å². The van der Waals surface area contributed by atoms with Crippen LogP contribution in [0.25, 0.3) is 0 Å². The van der Waals surface area contributed by atoms with Crippen LogP contribution < -0.4 is 19.9 Å². The minimum atomic E-state index is 0.474. The predicted molar refractivity (Wildman–Crippen MR) is 120 cm³/mol. The van der Waals surface area contributed by atoms with E-state index < -0.39 is 0 Å². The van der Waals surface area contributed by atoms with Gasteiger partial charge < -0.3 is 19.9 Å². The fraction of sp³-hybridized carbons (Fsp3) is 0.542. The first-order valence-electron chi connectivity index (χ1n) is 10.9. The monoisotopic (exact) mass is 394 g/mol. The summed E-state index contributed by atoms with van der Waals surface area (Å²) in [6.45, 7) is 6.88. The minimum absolute atomic E-state index is 0.474. The lowest BCUT2D eigenvalue weighted by Gasteiger charge is -2.44. The van der Waals surface area contributed by atoms with E-state index in [1.807, 2.05) is 12.3 Å². The Morgan fingerprint density at radius 3 is 2.62 bits per heavy atom. The zero-order chi connectivity index (χ0) is 20.3. The maximum Gasteiger partial charge on any atom is 0.121 e. The molecule has 2 aromatic rings. The van der Waals surface area contributed by atoms with Crippen molar-refractivity contribution in [3.63, 3.8) is 0 Å². The summed E-state index contributed by atoms with van der Waals surface area (Å²) in [4.78, 5) is 9.20. The first-order chi connectivity index (χ1) is 14.1. The van der Waals surface area contributed by atoms with Crippen LogP contribution in [0.15, 0.2) is 36.5 Å². The van der Waals surface area contributed by atoms with E-state index in [2.05, 4.69) is 65.4 Å². The molecule has 2 heterocycles. The van der Waals surface area contributed by atoms with Gasteiger partial charge in [0.05, 0.1) is 18.0 Å². The number of hydrogen-bond acceptors (Lipinski definition) is 5. The molecular formula is C24H34N4O. The molecule has 0 amide bonds. The highest BCUT2D eigenvalue weighted by Crippen LogP contribution is 2.47. The van der Waals surface area contributed by atoms with Gasteiger partial charge in [0.25, 0.3) is 0 Å². The van der Waals surface area contributed by atoms with Gasteiger partial charge in [-0.25, -0.2) is 0 Å².